The maximum atomic E-state index is 13.4. The van der Waals surface area contributed by atoms with Crippen LogP contribution in [0.15, 0.2) is 60.7 Å². The Hall–Kier alpha value is -5.72. The van der Waals surface area contributed by atoms with Gasteiger partial charge in [-0.05, 0) is 60.5 Å². The fraction of sp³-hybridized carbons (Fsp3) is 0.463. The van der Waals surface area contributed by atoms with E-state index in [2.05, 4.69) is 21.3 Å². The van der Waals surface area contributed by atoms with E-state index >= 15 is 0 Å². The van der Waals surface area contributed by atoms with Crippen molar-refractivity contribution in [1.29, 1.82) is 0 Å². The molecule has 20 nitrogen and oxygen atoms in total. The second-order valence-electron chi connectivity index (χ2n) is 14.1. The number of halogens is 2. The number of hydrogen-bond donors (Lipinski definition) is 5. The van der Waals surface area contributed by atoms with E-state index in [4.69, 9.17) is 42.9 Å². The Balaban J connectivity index is 0.702. The molecule has 0 aliphatic carbocycles. The molecule has 2 fully saturated rings. The summed E-state index contributed by atoms with van der Waals surface area (Å²) in [6, 6.07) is 13.9. The van der Waals surface area contributed by atoms with Gasteiger partial charge in [0.25, 0.3) is 17.6 Å². The minimum Gasteiger partial charge on any atom is -0.447 e. The molecule has 0 bridgehead atoms. The zero-order valence-electron chi connectivity index (χ0n) is 34.3. The molecule has 63 heavy (non-hydrogen) atoms. The molecule has 3 aromatic carbocycles. The average Bonchev–Trinajstić information content (AvgIpc) is 3.88. The molecule has 4 amide bonds. The zero-order valence-corrected chi connectivity index (χ0v) is 34.3. The third kappa shape index (κ3) is 14.4. The monoisotopic (exact) mass is 888 g/mol. The number of aliphatic hydroxyl groups is 1. The van der Waals surface area contributed by atoms with E-state index in [-0.39, 0.29) is 50.6 Å². The molecule has 3 heterocycles. The van der Waals surface area contributed by atoms with Crippen molar-refractivity contribution in [2.75, 3.05) is 101 Å². The second kappa shape index (κ2) is 23.6. The summed E-state index contributed by atoms with van der Waals surface area (Å²) in [7, 11) is 0. The van der Waals surface area contributed by atoms with Gasteiger partial charge in [-0.1, -0.05) is 6.07 Å². The van der Waals surface area contributed by atoms with Crippen LogP contribution < -0.4 is 36.0 Å². The minimum atomic E-state index is -2.18. The van der Waals surface area contributed by atoms with Crippen LogP contribution in [0.4, 0.5) is 30.6 Å². The Labute approximate surface area is 360 Å². The van der Waals surface area contributed by atoms with E-state index in [1.54, 1.807) is 36.4 Å². The Kier molecular flexibility index (Phi) is 17.6. The highest BCUT2D eigenvalue weighted by Gasteiger charge is 2.45. The van der Waals surface area contributed by atoms with Crippen LogP contribution >= 0.6 is 0 Å². The van der Waals surface area contributed by atoms with Crippen molar-refractivity contribution in [2.24, 2.45) is 0 Å². The summed E-state index contributed by atoms with van der Waals surface area (Å²) in [5, 5.41) is 23.7. The SMILES string of the molecule is O=C1CCC(N2Oc3cccc(NCCOCCOCCOCCOCCOCCOC(=O)Nc4ccc(N5CCC(O)(C(=O)NCc6cc(F)cc(F)c6)O5)cc4)c3O2)C(=O)N1. The third-order valence-electron chi connectivity index (χ3n) is 9.37. The number of piperidine rings is 1. The van der Waals surface area contributed by atoms with E-state index in [0.29, 0.717) is 107 Å². The van der Waals surface area contributed by atoms with Gasteiger partial charge in [0.1, 0.15) is 18.2 Å². The molecule has 6 rings (SSSR count). The van der Waals surface area contributed by atoms with Crippen LogP contribution in [0, 0.1) is 11.6 Å². The number of hydrogen-bond acceptors (Lipinski definition) is 17. The van der Waals surface area contributed by atoms with Crippen molar-refractivity contribution in [3.63, 3.8) is 0 Å². The van der Waals surface area contributed by atoms with Gasteiger partial charge >= 0.3 is 6.09 Å². The third-order valence-corrected chi connectivity index (χ3v) is 9.37. The topological polar surface area (TPSA) is 226 Å². The Morgan fingerprint density at radius 2 is 1.46 bits per heavy atom. The highest BCUT2D eigenvalue weighted by molar-refractivity contribution is 6.00. The number of rotatable bonds is 25. The lowest BCUT2D eigenvalue weighted by Gasteiger charge is -2.25. The van der Waals surface area contributed by atoms with Crippen molar-refractivity contribution < 1.29 is 76.0 Å². The number of benzene rings is 3. The summed E-state index contributed by atoms with van der Waals surface area (Å²) in [4.78, 5) is 65.4. The molecule has 3 aromatic rings. The van der Waals surface area contributed by atoms with Crippen LogP contribution in [0.1, 0.15) is 24.8 Å². The fourth-order valence-corrected chi connectivity index (χ4v) is 6.23. The van der Waals surface area contributed by atoms with Crippen molar-refractivity contribution >= 4 is 40.9 Å². The molecule has 0 spiro atoms. The fourth-order valence-electron chi connectivity index (χ4n) is 6.23. The van der Waals surface area contributed by atoms with E-state index in [1.807, 2.05) is 6.07 Å². The van der Waals surface area contributed by atoms with Crippen LogP contribution in [-0.4, -0.2) is 132 Å². The van der Waals surface area contributed by atoms with Crippen molar-refractivity contribution in [1.82, 2.24) is 15.9 Å². The lowest BCUT2D eigenvalue weighted by atomic mass is 10.1. The second-order valence-corrected chi connectivity index (χ2v) is 14.1. The lowest BCUT2D eigenvalue weighted by Crippen LogP contribution is -2.53. The standard InChI is InChI=1S/C41H50F2N6O14/c42-29-24-28(25-30(43)26-29)27-45-39(52)41(54)10-12-48(63-41)32-6-4-31(5-7-32)46-40(53)60-23-22-59-21-20-58-19-18-57-17-16-56-15-14-55-13-11-44-33-2-1-3-35-37(33)62-49(61-35)34-8-9-36(50)47-38(34)51/h1-7,24-26,34,44,54H,8-23,27H2,(H,45,52)(H,46,53)(H,47,50,51). The molecule has 5 N–H and O–H groups in total. The van der Waals surface area contributed by atoms with Crippen molar-refractivity contribution in [3.8, 4) is 11.5 Å². The molecule has 0 aromatic heterocycles. The first kappa shape index (κ1) is 46.8. The van der Waals surface area contributed by atoms with Gasteiger partial charge < -0.3 is 53.8 Å². The molecule has 3 aliphatic heterocycles. The lowest BCUT2D eigenvalue weighted by molar-refractivity contribution is -0.252. The summed E-state index contributed by atoms with van der Waals surface area (Å²) in [5.41, 5.74) is 1.80. The molecule has 22 heteroatoms. The van der Waals surface area contributed by atoms with Gasteiger partial charge in [0, 0.05) is 42.9 Å². The number of nitrogens with one attached hydrogen (secondary N) is 4. The van der Waals surface area contributed by atoms with Crippen LogP contribution in [0.5, 0.6) is 11.5 Å². The van der Waals surface area contributed by atoms with Gasteiger partial charge in [0.05, 0.1) is 84.0 Å². The highest BCUT2D eigenvalue weighted by Crippen LogP contribution is 2.41. The maximum absolute atomic E-state index is 13.4. The number of anilines is 3. The number of amides is 4. The minimum absolute atomic E-state index is 0.0145. The predicted molar refractivity (Wildman–Crippen MR) is 216 cm³/mol. The van der Waals surface area contributed by atoms with Gasteiger partial charge in [-0.2, -0.15) is 0 Å². The molecule has 2 atom stereocenters. The molecule has 0 saturated carbocycles. The first-order valence-electron chi connectivity index (χ1n) is 20.3. The molecular formula is C41H50F2N6O14. The van der Waals surface area contributed by atoms with Gasteiger partial charge in [0.15, 0.2) is 11.8 Å². The first-order valence-corrected chi connectivity index (χ1v) is 20.3. The van der Waals surface area contributed by atoms with Gasteiger partial charge in [0.2, 0.25) is 11.7 Å². The predicted octanol–water partition coefficient (Wildman–Crippen LogP) is 2.56. The van der Waals surface area contributed by atoms with E-state index in [0.717, 1.165) is 17.4 Å². The summed E-state index contributed by atoms with van der Waals surface area (Å²) < 4.78 is 59.6. The summed E-state index contributed by atoms with van der Waals surface area (Å²) in [5.74, 6) is -4.49. The Morgan fingerprint density at radius 3 is 2.11 bits per heavy atom. The molecule has 0 radical (unpaired) electrons. The normalized spacial score (nSPS) is 18.3. The van der Waals surface area contributed by atoms with Crippen LogP contribution in [0.25, 0.3) is 0 Å². The van der Waals surface area contributed by atoms with Crippen LogP contribution in [0.2, 0.25) is 0 Å². The van der Waals surface area contributed by atoms with E-state index in [9.17, 15) is 33.1 Å². The quantitative estimate of drug-likeness (QED) is 0.0609. The van der Waals surface area contributed by atoms with Gasteiger partial charge in [-0.15, -0.1) is 0 Å². The summed E-state index contributed by atoms with van der Waals surface area (Å²) >= 11 is 0. The summed E-state index contributed by atoms with van der Waals surface area (Å²) in [6.07, 6.45) is -0.253. The summed E-state index contributed by atoms with van der Waals surface area (Å²) in [6.45, 7) is 4.02. The molecule has 3 aliphatic rings. The number of para-hydroxylation sites is 1. The molecule has 342 valence electrons. The van der Waals surface area contributed by atoms with E-state index in [1.165, 1.54) is 5.06 Å². The zero-order chi connectivity index (χ0) is 44.4. The molecule has 2 saturated heterocycles. The molecular weight excluding hydrogens is 838 g/mol. The smallest absolute Gasteiger partial charge is 0.411 e. The number of fused-ring (bicyclic) bond motifs is 1. The Morgan fingerprint density at radius 1 is 0.825 bits per heavy atom. The van der Waals surface area contributed by atoms with Crippen molar-refractivity contribution in [2.45, 2.75) is 37.6 Å². The van der Waals surface area contributed by atoms with Crippen LogP contribution in [-0.2, 0) is 54.2 Å². The van der Waals surface area contributed by atoms with Gasteiger partial charge in [-0.25, -0.2) is 18.4 Å². The number of carbonyl (C=O) groups is 4. The Bertz CT molecular complexity index is 1980. The number of hydroxylamine groups is 3. The van der Waals surface area contributed by atoms with Crippen LogP contribution in [0.3, 0.4) is 0 Å². The largest absolute Gasteiger partial charge is 0.447 e. The average molecular weight is 889 g/mol. The first-order chi connectivity index (χ1) is 30.6. The number of ether oxygens (including phenoxy) is 6. The highest BCUT2D eigenvalue weighted by atomic mass is 19.1. The number of imide groups is 1. The van der Waals surface area contributed by atoms with Crippen molar-refractivity contribution in [3.05, 3.63) is 77.9 Å². The number of nitrogens with zero attached hydrogens (tertiary/aromatic N) is 2. The van der Waals surface area contributed by atoms with Gasteiger partial charge in [-0.3, -0.25) is 30.1 Å². The molecule has 2 unspecified atom stereocenters. The van der Waals surface area contributed by atoms with E-state index < -0.39 is 41.4 Å². The number of carbonyl (C=O) groups excluding carboxylic acids is 4. The maximum Gasteiger partial charge on any atom is 0.411 e.